The smallest absolute Gasteiger partial charge is 0.0547 e. The average molecular weight is 917 g/mol. The van der Waals surface area contributed by atoms with Crippen LogP contribution in [0.3, 0.4) is 0 Å². The Morgan fingerprint density at radius 3 is 1.10 bits per heavy atom. The van der Waals surface area contributed by atoms with Crippen molar-refractivity contribution in [2.24, 2.45) is 0 Å². The van der Waals surface area contributed by atoms with Gasteiger partial charge in [0.1, 0.15) is 0 Å². The van der Waals surface area contributed by atoms with Crippen LogP contribution in [0.1, 0.15) is 49.9 Å². The lowest BCUT2D eigenvalue weighted by Crippen LogP contribution is -2.14. The van der Waals surface area contributed by atoms with Crippen molar-refractivity contribution in [2.75, 3.05) is 0 Å². The number of fused-ring (bicyclic) bond motifs is 12. The van der Waals surface area contributed by atoms with Crippen LogP contribution >= 0.6 is 0 Å². The Hall–Kier alpha value is -8.72. The number of nitrogens with zero attached hydrogens (tertiary/aromatic N) is 2. The first-order valence-corrected chi connectivity index (χ1v) is 25.5. The first-order valence-electron chi connectivity index (χ1n) is 25.5. The van der Waals surface area contributed by atoms with Gasteiger partial charge < -0.3 is 9.13 Å². The Bertz CT molecular complexity index is 4360. The van der Waals surface area contributed by atoms with E-state index < -0.39 is 0 Å². The van der Waals surface area contributed by atoms with E-state index in [-0.39, 0.29) is 10.8 Å². The summed E-state index contributed by atoms with van der Waals surface area (Å²) in [6, 6.07) is 82.7. The largest absolute Gasteiger partial charge is 0.309 e. The molecule has 2 nitrogen and oxygen atoms in total. The topological polar surface area (TPSA) is 9.86 Å². The van der Waals surface area contributed by atoms with Crippen LogP contribution in [0.2, 0.25) is 0 Å². The van der Waals surface area contributed by atoms with Gasteiger partial charge in [0.15, 0.2) is 0 Å². The zero-order chi connectivity index (χ0) is 47.8. The molecule has 2 aliphatic rings. The van der Waals surface area contributed by atoms with Gasteiger partial charge >= 0.3 is 0 Å². The minimum Gasteiger partial charge on any atom is -0.309 e. The predicted molar refractivity (Wildman–Crippen MR) is 305 cm³/mol. The van der Waals surface area contributed by atoms with Gasteiger partial charge in [0.25, 0.3) is 0 Å². The molecule has 0 N–H and O–H groups in total. The van der Waals surface area contributed by atoms with Crippen molar-refractivity contribution >= 4 is 75.9 Å². The molecule has 2 aliphatic carbocycles. The number of hydrogen-bond acceptors (Lipinski definition) is 0. The van der Waals surface area contributed by atoms with E-state index in [1.807, 2.05) is 0 Å². The molecule has 14 aromatic rings. The van der Waals surface area contributed by atoms with E-state index in [0.717, 1.165) is 0 Å². The summed E-state index contributed by atoms with van der Waals surface area (Å²) in [7, 11) is 0. The first kappa shape index (κ1) is 40.1. The van der Waals surface area contributed by atoms with Crippen LogP contribution < -0.4 is 0 Å². The lowest BCUT2D eigenvalue weighted by Gasteiger charge is -2.22. The molecule has 0 atom stereocenters. The van der Waals surface area contributed by atoms with Gasteiger partial charge in [-0.1, -0.05) is 173 Å². The molecule has 0 saturated carbocycles. The van der Waals surface area contributed by atoms with Crippen LogP contribution in [0.4, 0.5) is 0 Å². The van der Waals surface area contributed by atoms with Crippen LogP contribution in [0.15, 0.2) is 218 Å². The van der Waals surface area contributed by atoms with Crippen molar-refractivity contribution in [3.8, 4) is 55.9 Å². The molecule has 2 heterocycles. The first-order chi connectivity index (χ1) is 35.2. The maximum atomic E-state index is 2.49. The van der Waals surface area contributed by atoms with Gasteiger partial charge in [0, 0.05) is 43.7 Å². The summed E-state index contributed by atoms with van der Waals surface area (Å²) in [5.41, 5.74) is 23.0. The van der Waals surface area contributed by atoms with Crippen molar-refractivity contribution < 1.29 is 0 Å². The molecule has 338 valence electrons. The Balaban J connectivity index is 0.854. The maximum absolute atomic E-state index is 2.49. The summed E-state index contributed by atoms with van der Waals surface area (Å²) in [5.74, 6) is 0. The quantitative estimate of drug-likeness (QED) is 0.156. The number of aromatic nitrogens is 2. The van der Waals surface area contributed by atoms with Gasteiger partial charge in [-0.15, -0.1) is 0 Å². The van der Waals surface area contributed by atoms with Crippen LogP contribution in [0.5, 0.6) is 0 Å². The molecule has 0 fully saturated rings. The van der Waals surface area contributed by atoms with Crippen LogP contribution in [0.25, 0.3) is 132 Å². The van der Waals surface area contributed by atoms with E-state index in [0.29, 0.717) is 0 Å². The van der Waals surface area contributed by atoms with Crippen molar-refractivity contribution in [3.05, 3.63) is 241 Å². The maximum Gasteiger partial charge on any atom is 0.0547 e. The van der Waals surface area contributed by atoms with Crippen molar-refractivity contribution in [3.63, 3.8) is 0 Å². The van der Waals surface area contributed by atoms with Crippen molar-refractivity contribution in [1.29, 1.82) is 0 Å². The molecule has 2 aromatic heterocycles. The molecule has 0 saturated heterocycles. The molecule has 0 spiro atoms. The molecule has 12 aromatic carbocycles. The van der Waals surface area contributed by atoms with Crippen LogP contribution in [-0.4, -0.2) is 9.13 Å². The summed E-state index contributed by atoms with van der Waals surface area (Å²) in [6.07, 6.45) is 0. The van der Waals surface area contributed by atoms with E-state index >= 15 is 0 Å². The monoisotopic (exact) mass is 916 g/mol. The van der Waals surface area contributed by atoms with Gasteiger partial charge in [-0.05, 0) is 172 Å². The number of hydrogen-bond donors (Lipinski definition) is 0. The van der Waals surface area contributed by atoms with Gasteiger partial charge in [0.05, 0.1) is 22.1 Å². The summed E-state index contributed by atoms with van der Waals surface area (Å²) >= 11 is 0. The van der Waals surface area contributed by atoms with Gasteiger partial charge in [-0.25, -0.2) is 0 Å². The summed E-state index contributed by atoms with van der Waals surface area (Å²) in [5, 5.41) is 13.0. The third-order valence-corrected chi connectivity index (χ3v) is 17.3. The molecule has 0 aliphatic heterocycles. The molecule has 72 heavy (non-hydrogen) atoms. The predicted octanol–water partition coefficient (Wildman–Crippen LogP) is 18.7. The summed E-state index contributed by atoms with van der Waals surface area (Å²) in [6.45, 7) is 9.60. The number of rotatable bonds is 4. The molecule has 0 radical (unpaired) electrons. The zero-order valence-electron chi connectivity index (χ0n) is 40.7. The van der Waals surface area contributed by atoms with E-state index in [2.05, 4.69) is 255 Å². The molecular weight excluding hydrogens is 869 g/mol. The highest BCUT2D eigenvalue weighted by Crippen LogP contribution is 2.55. The fourth-order valence-electron chi connectivity index (χ4n) is 13.8. The van der Waals surface area contributed by atoms with Crippen LogP contribution in [-0.2, 0) is 10.8 Å². The molecule has 0 unspecified atom stereocenters. The van der Waals surface area contributed by atoms with Gasteiger partial charge in [0.2, 0.25) is 0 Å². The normalized spacial score (nSPS) is 14.3. The minimum absolute atomic E-state index is 0.143. The summed E-state index contributed by atoms with van der Waals surface area (Å²) < 4.78 is 4.89. The average Bonchev–Trinajstić information content (AvgIpc) is 4.07. The zero-order valence-corrected chi connectivity index (χ0v) is 40.7. The highest BCUT2D eigenvalue weighted by Gasteiger charge is 2.38. The van der Waals surface area contributed by atoms with Crippen molar-refractivity contribution in [1.82, 2.24) is 9.13 Å². The molecule has 2 heteroatoms. The highest BCUT2D eigenvalue weighted by molar-refractivity contribution is 6.28. The minimum atomic E-state index is -0.143. The second-order valence-electron chi connectivity index (χ2n) is 21.6. The van der Waals surface area contributed by atoms with Gasteiger partial charge in [-0.3, -0.25) is 0 Å². The second-order valence-corrected chi connectivity index (χ2v) is 21.6. The van der Waals surface area contributed by atoms with E-state index in [1.54, 1.807) is 0 Å². The Kier molecular flexibility index (Phi) is 7.78. The molecule has 16 rings (SSSR count). The van der Waals surface area contributed by atoms with Crippen LogP contribution in [0, 0.1) is 0 Å². The standard InChI is InChI=1S/C70H48N2/c1-69(2)59-33-27-43(35-53(59)55-39-65-57(37-61(55)69)49-19-11-13-21-63(49)71(65)45-15-7-5-8-16-45)47-29-23-41-26-32-52-48(30-24-42-25-31-51(47)67(41)68(42)52)44-28-34-60-54(36-44)56-40-66-58(38-62(56)70(60,3)4)50-20-12-14-22-64(50)72(66)46-17-9-6-10-18-46/h5-40H,1-4H3. The molecule has 0 bridgehead atoms. The summed E-state index contributed by atoms with van der Waals surface area (Å²) in [4.78, 5) is 0. The Morgan fingerprint density at radius 1 is 0.264 bits per heavy atom. The second kappa shape index (κ2) is 14.0. The SMILES string of the molecule is CC1(C)c2ccc(-c3ccc4ccc5c(-c6ccc7c(c6)-c6cc8c(cc6C7(C)C)c6ccccc6n8-c6ccccc6)ccc6ccc3c4c65)cc2-c2cc3c(cc21)c1ccccc1n3-c1ccccc1. The molecule has 0 amide bonds. The van der Waals surface area contributed by atoms with E-state index in [9.17, 15) is 0 Å². The van der Waals surface area contributed by atoms with E-state index in [4.69, 9.17) is 0 Å². The lowest BCUT2D eigenvalue weighted by atomic mass is 9.81. The number of benzene rings is 12. The highest BCUT2D eigenvalue weighted by atomic mass is 15.0. The van der Waals surface area contributed by atoms with Crippen molar-refractivity contribution in [2.45, 2.75) is 38.5 Å². The lowest BCUT2D eigenvalue weighted by molar-refractivity contribution is 0.661. The van der Waals surface area contributed by atoms with Gasteiger partial charge in [-0.2, -0.15) is 0 Å². The third kappa shape index (κ3) is 5.18. The molecular formula is C70H48N2. The Labute approximate surface area is 418 Å². The van der Waals surface area contributed by atoms with E-state index in [1.165, 1.54) is 154 Å². The Morgan fingerprint density at radius 2 is 0.653 bits per heavy atom. The number of para-hydroxylation sites is 4. The third-order valence-electron chi connectivity index (χ3n) is 17.3. The fourth-order valence-corrected chi connectivity index (χ4v) is 13.8. The fraction of sp³-hybridized carbons (Fsp3) is 0.0857.